The number of H-pyrrole nitrogens is 1. The predicted molar refractivity (Wildman–Crippen MR) is 66.9 cm³/mol. The number of amides is 1. The van der Waals surface area contributed by atoms with E-state index in [9.17, 15) is 9.00 Å². The molecule has 98 valence electrons. The molecular formula is C9H9N7O2S. The molecule has 10 heteroatoms. The van der Waals surface area contributed by atoms with Crippen molar-refractivity contribution in [3.8, 4) is 0 Å². The van der Waals surface area contributed by atoms with Crippen molar-refractivity contribution < 1.29 is 9.00 Å². The van der Waals surface area contributed by atoms with Gasteiger partial charge >= 0.3 is 0 Å². The van der Waals surface area contributed by atoms with Crippen LogP contribution in [0.25, 0.3) is 0 Å². The van der Waals surface area contributed by atoms with Crippen molar-refractivity contribution >= 4 is 27.8 Å². The van der Waals surface area contributed by atoms with Crippen molar-refractivity contribution in [1.29, 1.82) is 0 Å². The fraction of sp³-hybridized carbons (Fsp3) is 0.222. The first-order valence-electron chi connectivity index (χ1n) is 5.35. The Balaban J connectivity index is 1.82. The van der Waals surface area contributed by atoms with E-state index in [1.165, 1.54) is 6.20 Å². The molecule has 0 aliphatic carbocycles. The second kappa shape index (κ2) is 4.39. The molecule has 1 atom stereocenters. The van der Waals surface area contributed by atoms with E-state index in [1.807, 2.05) is 13.0 Å². The summed E-state index contributed by atoms with van der Waals surface area (Å²) < 4.78 is 12.2. The summed E-state index contributed by atoms with van der Waals surface area (Å²) in [5, 5.41) is 15.5. The Kier molecular flexibility index (Phi) is 2.71. The van der Waals surface area contributed by atoms with Gasteiger partial charge in [-0.15, -0.1) is 5.10 Å². The highest BCUT2D eigenvalue weighted by molar-refractivity contribution is 8.05. The minimum atomic E-state index is -1.59. The molecule has 1 aromatic heterocycles. The van der Waals surface area contributed by atoms with Crippen molar-refractivity contribution in [1.82, 2.24) is 25.5 Å². The maximum Gasteiger partial charge on any atom is 0.270 e. The monoisotopic (exact) mass is 279 g/mol. The predicted octanol–water partition coefficient (Wildman–Crippen LogP) is -0.683. The summed E-state index contributed by atoms with van der Waals surface area (Å²) in [5.41, 5.74) is 0.785. The molecule has 2 aliphatic heterocycles. The van der Waals surface area contributed by atoms with E-state index in [0.717, 1.165) is 5.70 Å². The van der Waals surface area contributed by atoms with Crippen LogP contribution in [0.5, 0.6) is 0 Å². The Hall–Kier alpha value is -2.36. The number of carbonyl (C=O) groups is 1. The van der Waals surface area contributed by atoms with Crippen LogP contribution in [0.1, 0.15) is 6.92 Å². The van der Waals surface area contributed by atoms with E-state index in [0.29, 0.717) is 11.7 Å². The minimum absolute atomic E-state index is 0.0315. The zero-order valence-corrected chi connectivity index (χ0v) is 10.6. The van der Waals surface area contributed by atoms with E-state index in [1.54, 1.807) is 4.90 Å². The van der Waals surface area contributed by atoms with Crippen LogP contribution in [-0.4, -0.2) is 47.4 Å². The average molecular weight is 279 g/mol. The Morgan fingerprint density at radius 2 is 2.42 bits per heavy atom. The first-order valence-corrected chi connectivity index (χ1v) is 6.50. The van der Waals surface area contributed by atoms with Crippen LogP contribution < -0.4 is 5.32 Å². The van der Waals surface area contributed by atoms with E-state index in [2.05, 4.69) is 30.9 Å². The lowest BCUT2D eigenvalue weighted by Crippen LogP contribution is -2.27. The topological polar surface area (TPSA) is 116 Å². The number of carbonyl (C=O) groups excluding carboxylic acids is 1. The number of aromatic amines is 1. The molecule has 3 heterocycles. The molecule has 1 unspecified atom stereocenters. The van der Waals surface area contributed by atoms with E-state index in [-0.39, 0.29) is 10.9 Å². The number of tetrazole rings is 1. The first kappa shape index (κ1) is 11.7. The summed E-state index contributed by atoms with van der Waals surface area (Å²) in [4.78, 5) is 17.9. The number of amidine groups is 1. The number of rotatable bonds is 2. The van der Waals surface area contributed by atoms with Gasteiger partial charge < -0.3 is 4.90 Å². The molecule has 0 saturated heterocycles. The Morgan fingerprint density at radius 1 is 1.58 bits per heavy atom. The standard InChI is InChI=1S/C9H9N7O2S/c1-5-2-3-16-4-6(19(18)9(16)10-5)7(17)11-8-12-14-15-13-8/h2,4H,3H2,1H3,(H2,11,12,13,14,15,17). The molecule has 9 nitrogen and oxygen atoms in total. The van der Waals surface area contributed by atoms with Crippen LogP contribution in [0.4, 0.5) is 5.95 Å². The van der Waals surface area contributed by atoms with Gasteiger partial charge in [-0.1, -0.05) is 5.10 Å². The molecular weight excluding hydrogens is 270 g/mol. The van der Waals surface area contributed by atoms with Crippen molar-refractivity contribution in [3.63, 3.8) is 0 Å². The highest BCUT2D eigenvalue weighted by Crippen LogP contribution is 2.23. The minimum Gasteiger partial charge on any atom is -0.320 e. The fourth-order valence-corrected chi connectivity index (χ4v) is 2.84. The lowest BCUT2D eigenvalue weighted by molar-refractivity contribution is -0.112. The number of aromatic nitrogens is 4. The molecule has 2 N–H and O–H groups in total. The molecule has 0 bridgehead atoms. The van der Waals surface area contributed by atoms with E-state index >= 15 is 0 Å². The van der Waals surface area contributed by atoms with Gasteiger partial charge in [-0.2, -0.15) is 5.21 Å². The zero-order valence-electron chi connectivity index (χ0n) is 9.82. The second-order valence-corrected chi connectivity index (χ2v) is 5.19. The molecule has 1 amide bonds. The highest BCUT2D eigenvalue weighted by Gasteiger charge is 2.33. The SMILES string of the molecule is CC1=CCN2C=C(C(=O)Nc3nn[nH]n3)S(=O)C2=N1. The van der Waals surface area contributed by atoms with Gasteiger partial charge in [0.15, 0.2) is 0 Å². The lowest BCUT2D eigenvalue weighted by atomic mass is 10.4. The van der Waals surface area contributed by atoms with Crippen LogP contribution in [0.2, 0.25) is 0 Å². The lowest BCUT2D eigenvalue weighted by Gasteiger charge is -2.17. The third-order valence-corrected chi connectivity index (χ3v) is 3.88. The number of hydrogen-bond acceptors (Lipinski definition) is 7. The third-order valence-electron chi connectivity index (χ3n) is 2.53. The van der Waals surface area contributed by atoms with E-state index < -0.39 is 16.7 Å². The zero-order chi connectivity index (χ0) is 13.4. The number of fused-ring (bicyclic) bond motifs is 1. The van der Waals surface area contributed by atoms with Crippen molar-refractivity contribution in [2.75, 3.05) is 11.9 Å². The van der Waals surface area contributed by atoms with Crippen LogP contribution in [-0.2, 0) is 15.6 Å². The molecule has 0 saturated carbocycles. The second-order valence-electron chi connectivity index (χ2n) is 3.84. The first-order chi connectivity index (χ1) is 9.15. The summed E-state index contributed by atoms with van der Waals surface area (Å²) in [6, 6.07) is 0. The number of hydrogen-bond donors (Lipinski definition) is 2. The molecule has 0 spiro atoms. The third kappa shape index (κ3) is 2.05. The van der Waals surface area contributed by atoms with Gasteiger partial charge in [0.1, 0.15) is 15.7 Å². The maximum absolute atomic E-state index is 12.2. The molecule has 0 fully saturated rings. The maximum atomic E-state index is 12.2. The number of aliphatic imine (C=N–C) groups is 1. The molecule has 19 heavy (non-hydrogen) atoms. The molecule has 2 aliphatic rings. The highest BCUT2D eigenvalue weighted by atomic mass is 32.2. The van der Waals surface area contributed by atoms with Crippen LogP contribution in [0.3, 0.4) is 0 Å². The van der Waals surface area contributed by atoms with Gasteiger partial charge in [0, 0.05) is 18.4 Å². The summed E-state index contributed by atoms with van der Waals surface area (Å²) in [7, 11) is -1.59. The smallest absolute Gasteiger partial charge is 0.270 e. The van der Waals surface area contributed by atoms with Crippen molar-refractivity contribution in [3.05, 3.63) is 22.9 Å². The van der Waals surface area contributed by atoms with Crippen LogP contribution in [0, 0.1) is 0 Å². The van der Waals surface area contributed by atoms with Gasteiger partial charge in [-0.25, -0.2) is 9.20 Å². The van der Waals surface area contributed by atoms with Gasteiger partial charge in [0.2, 0.25) is 5.17 Å². The molecule has 3 rings (SSSR count). The average Bonchev–Trinajstić information content (AvgIpc) is 2.98. The van der Waals surface area contributed by atoms with Gasteiger partial charge in [0.05, 0.1) is 0 Å². The van der Waals surface area contributed by atoms with Crippen LogP contribution >= 0.6 is 0 Å². The van der Waals surface area contributed by atoms with Crippen molar-refractivity contribution in [2.45, 2.75) is 6.92 Å². The van der Waals surface area contributed by atoms with Gasteiger partial charge in [0.25, 0.3) is 11.9 Å². The Morgan fingerprint density at radius 3 is 3.16 bits per heavy atom. The summed E-state index contributed by atoms with van der Waals surface area (Å²) in [5.74, 6) is -0.501. The summed E-state index contributed by atoms with van der Waals surface area (Å²) in [6.45, 7) is 2.37. The van der Waals surface area contributed by atoms with Crippen molar-refractivity contribution in [2.24, 2.45) is 4.99 Å². The number of allylic oxidation sites excluding steroid dienone is 1. The van der Waals surface area contributed by atoms with Gasteiger partial charge in [-0.05, 0) is 18.2 Å². The van der Waals surface area contributed by atoms with E-state index in [4.69, 9.17) is 0 Å². The Labute approximate surface area is 109 Å². The van der Waals surface area contributed by atoms with Gasteiger partial charge in [-0.3, -0.25) is 10.1 Å². The quantitative estimate of drug-likeness (QED) is 0.740. The summed E-state index contributed by atoms with van der Waals surface area (Å²) >= 11 is 0. The molecule has 1 aromatic rings. The number of nitrogens with zero attached hydrogens (tertiary/aromatic N) is 5. The largest absolute Gasteiger partial charge is 0.320 e. The van der Waals surface area contributed by atoms with Crippen LogP contribution in [0.15, 0.2) is 27.9 Å². The Bertz CT molecular complexity index is 646. The number of anilines is 1. The fourth-order valence-electron chi connectivity index (χ4n) is 1.63. The molecule has 0 aromatic carbocycles. The normalized spacial score (nSPS) is 21.4. The number of nitrogens with one attached hydrogen (secondary N) is 2. The summed E-state index contributed by atoms with van der Waals surface area (Å²) in [6.07, 6.45) is 3.41. The molecule has 0 radical (unpaired) electrons.